The maximum atomic E-state index is 14.2. The van der Waals surface area contributed by atoms with Gasteiger partial charge in [0.2, 0.25) is 4.80 Å². The molecule has 0 saturated heterocycles. The van der Waals surface area contributed by atoms with Crippen molar-refractivity contribution in [2.45, 2.75) is 0 Å². The summed E-state index contributed by atoms with van der Waals surface area (Å²) < 4.78 is 28.8. The maximum absolute atomic E-state index is 14.2. The van der Waals surface area contributed by atoms with Crippen LogP contribution in [-0.4, -0.2) is 26.0 Å². The normalized spacial score (nSPS) is 11.9. The number of hydrogen-bond donors (Lipinski definition) is 2. The number of nitrogens with zero attached hydrogens (tertiary/aromatic N) is 4. The summed E-state index contributed by atoms with van der Waals surface area (Å²) in [4.78, 5) is 14.9. The fraction of sp³-hybridized carbons (Fsp3) is 0. The summed E-state index contributed by atoms with van der Waals surface area (Å²) in [7, 11) is 0. The molecular weight excluding hydrogens is 454 g/mol. The Morgan fingerprint density at radius 2 is 1.79 bits per heavy atom. The van der Waals surface area contributed by atoms with Crippen LogP contribution >= 0.6 is 11.3 Å². The number of phenolic OH excluding ortho intramolecular Hbond substituents is 2. The van der Waals surface area contributed by atoms with Crippen LogP contribution in [0.25, 0.3) is 11.3 Å². The third-order valence-corrected chi connectivity index (χ3v) is 5.33. The number of nitro benzene ring substituents is 1. The molecule has 11 heteroatoms. The molecule has 166 valence electrons. The number of benzene rings is 3. The van der Waals surface area contributed by atoms with E-state index in [1.807, 2.05) is 0 Å². The standard InChI is InChI=1S/C22H14F2N4O4S/c23-15-4-8-19(18(24)9-15)26-22-27(25-11-14-3-7-17(29)10-21(14)30)20(12-33-22)13-1-5-16(6-2-13)28(31)32/h1-12,29-30H. The van der Waals surface area contributed by atoms with Crippen LogP contribution in [0.15, 0.2) is 76.1 Å². The Labute approximate surface area is 188 Å². The van der Waals surface area contributed by atoms with E-state index in [1.165, 1.54) is 53.4 Å². The van der Waals surface area contributed by atoms with Gasteiger partial charge in [0.25, 0.3) is 5.69 Å². The van der Waals surface area contributed by atoms with Gasteiger partial charge in [0.1, 0.15) is 23.0 Å². The Bertz CT molecular complexity index is 1450. The summed E-state index contributed by atoms with van der Waals surface area (Å²) in [6.45, 7) is 0. The smallest absolute Gasteiger partial charge is 0.269 e. The molecule has 0 atom stereocenters. The summed E-state index contributed by atoms with van der Waals surface area (Å²) >= 11 is 1.12. The maximum Gasteiger partial charge on any atom is 0.269 e. The van der Waals surface area contributed by atoms with Gasteiger partial charge in [0, 0.05) is 40.8 Å². The van der Waals surface area contributed by atoms with E-state index >= 15 is 0 Å². The van der Waals surface area contributed by atoms with Gasteiger partial charge in [-0.3, -0.25) is 10.1 Å². The number of aromatic hydroxyl groups is 2. The SMILES string of the molecule is O=[N+]([O-])c1ccc(-c2csc(=Nc3ccc(F)cc3F)n2N=Cc2ccc(O)cc2O)cc1. The van der Waals surface area contributed by atoms with E-state index in [-0.39, 0.29) is 27.7 Å². The highest BCUT2D eigenvalue weighted by molar-refractivity contribution is 7.07. The van der Waals surface area contributed by atoms with Crippen molar-refractivity contribution in [1.29, 1.82) is 0 Å². The number of non-ortho nitro benzene ring substituents is 1. The van der Waals surface area contributed by atoms with E-state index in [0.29, 0.717) is 22.9 Å². The second kappa shape index (κ2) is 9.01. The van der Waals surface area contributed by atoms with Crippen molar-refractivity contribution >= 4 is 28.9 Å². The van der Waals surface area contributed by atoms with Gasteiger partial charge in [-0.2, -0.15) is 5.10 Å². The van der Waals surface area contributed by atoms with E-state index in [2.05, 4.69) is 10.1 Å². The highest BCUT2D eigenvalue weighted by Crippen LogP contribution is 2.25. The highest BCUT2D eigenvalue weighted by Gasteiger charge is 2.12. The third kappa shape index (κ3) is 4.77. The molecule has 2 N–H and O–H groups in total. The average molecular weight is 468 g/mol. The van der Waals surface area contributed by atoms with Gasteiger partial charge in [-0.05, 0) is 36.4 Å². The van der Waals surface area contributed by atoms with Crippen LogP contribution in [0, 0.1) is 21.7 Å². The first-order chi connectivity index (χ1) is 15.8. The lowest BCUT2D eigenvalue weighted by Gasteiger charge is -2.05. The van der Waals surface area contributed by atoms with Crippen molar-refractivity contribution in [1.82, 2.24) is 4.68 Å². The van der Waals surface area contributed by atoms with E-state index in [4.69, 9.17) is 0 Å². The molecular formula is C22H14F2N4O4S. The Morgan fingerprint density at radius 1 is 1.03 bits per heavy atom. The average Bonchev–Trinajstić information content (AvgIpc) is 3.17. The number of phenols is 2. The second-order valence-electron chi connectivity index (χ2n) is 6.71. The molecule has 0 amide bonds. The Kier molecular flexibility index (Phi) is 5.96. The Balaban J connectivity index is 1.86. The molecule has 0 aliphatic carbocycles. The number of aromatic nitrogens is 1. The zero-order valence-corrected chi connectivity index (χ0v) is 17.4. The van der Waals surface area contributed by atoms with Crippen LogP contribution in [0.4, 0.5) is 20.2 Å². The van der Waals surface area contributed by atoms with Gasteiger partial charge in [0.15, 0.2) is 5.82 Å². The van der Waals surface area contributed by atoms with E-state index in [9.17, 15) is 29.1 Å². The Morgan fingerprint density at radius 3 is 2.45 bits per heavy atom. The molecule has 0 bridgehead atoms. The summed E-state index contributed by atoms with van der Waals surface area (Å²) in [6.07, 6.45) is 1.32. The van der Waals surface area contributed by atoms with Crippen LogP contribution in [0.5, 0.6) is 11.5 Å². The molecule has 0 radical (unpaired) electrons. The van der Waals surface area contributed by atoms with Crippen LogP contribution in [-0.2, 0) is 0 Å². The lowest BCUT2D eigenvalue weighted by Crippen LogP contribution is -2.11. The summed E-state index contributed by atoms with van der Waals surface area (Å²) in [5.41, 5.74) is 1.16. The number of nitro groups is 1. The topological polar surface area (TPSA) is 113 Å². The molecule has 0 aliphatic heterocycles. The molecule has 4 rings (SSSR count). The zero-order chi connectivity index (χ0) is 23.5. The van der Waals surface area contributed by atoms with E-state index in [0.717, 1.165) is 23.5 Å². The number of hydrogen-bond acceptors (Lipinski definition) is 7. The van der Waals surface area contributed by atoms with E-state index < -0.39 is 16.6 Å². The molecule has 3 aromatic carbocycles. The van der Waals surface area contributed by atoms with Crippen molar-refractivity contribution in [2.75, 3.05) is 0 Å². The highest BCUT2D eigenvalue weighted by atomic mass is 32.1. The minimum absolute atomic E-state index is 0.0867. The first kappa shape index (κ1) is 21.8. The molecule has 0 spiro atoms. The first-order valence-electron chi connectivity index (χ1n) is 9.33. The molecule has 1 aromatic heterocycles. The predicted molar refractivity (Wildman–Crippen MR) is 119 cm³/mol. The molecule has 0 fully saturated rings. The second-order valence-corrected chi connectivity index (χ2v) is 7.55. The fourth-order valence-electron chi connectivity index (χ4n) is 2.88. The van der Waals surface area contributed by atoms with Gasteiger partial charge in [-0.15, -0.1) is 11.3 Å². The minimum Gasteiger partial charge on any atom is -0.508 e. The van der Waals surface area contributed by atoms with Crippen LogP contribution in [0.1, 0.15) is 5.56 Å². The van der Waals surface area contributed by atoms with Gasteiger partial charge < -0.3 is 10.2 Å². The predicted octanol–water partition coefficient (Wildman–Crippen LogP) is 4.93. The Hall–Kier alpha value is -4.38. The summed E-state index contributed by atoms with van der Waals surface area (Å²) in [6, 6.07) is 12.7. The zero-order valence-electron chi connectivity index (χ0n) is 16.6. The molecule has 0 saturated carbocycles. The lowest BCUT2D eigenvalue weighted by atomic mass is 10.1. The van der Waals surface area contributed by atoms with Crippen molar-refractivity contribution in [3.8, 4) is 22.8 Å². The van der Waals surface area contributed by atoms with Gasteiger partial charge >= 0.3 is 0 Å². The molecule has 0 unspecified atom stereocenters. The van der Waals surface area contributed by atoms with Gasteiger partial charge in [0.05, 0.1) is 16.8 Å². The molecule has 33 heavy (non-hydrogen) atoms. The minimum atomic E-state index is -0.855. The van der Waals surface area contributed by atoms with Crippen LogP contribution in [0.3, 0.4) is 0 Å². The van der Waals surface area contributed by atoms with Crippen molar-refractivity contribution < 1.29 is 23.9 Å². The van der Waals surface area contributed by atoms with Crippen LogP contribution < -0.4 is 4.80 Å². The van der Waals surface area contributed by atoms with E-state index in [1.54, 1.807) is 5.38 Å². The molecule has 1 heterocycles. The summed E-state index contributed by atoms with van der Waals surface area (Å²) in [5.74, 6) is -1.93. The molecule has 4 aromatic rings. The van der Waals surface area contributed by atoms with Crippen molar-refractivity contribution in [3.05, 3.63) is 98.2 Å². The fourth-order valence-corrected chi connectivity index (χ4v) is 3.73. The number of halogens is 2. The molecule has 0 aliphatic rings. The van der Waals surface area contributed by atoms with Gasteiger partial charge in [-0.1, -0.05) is 0 Å². The first-order valence-corrected chi connectivity index (χ1v) is 10.2. The largest absolute Gasteiger partial charge is 0.508 e. The molecule has 8 nitrogen and oxygen atoms in total. The van der Waals surface area contributed by atoms with Crippen LogP contribution in [0.2, 0.25) is 0 Å². The van der Waals surface area contributed by atoms with Gasteiger partial charge in [-0.25, -0.2) is 18.4 Å². The van der Waals surface area contributed by atoms with Crippen molar-refractivity contribution in [2.24, 2.45) is 10.1 Å². The number of thiazole rings is 1. The third-order valence-electron chi connectivity index (χ3n) is 4.51. The monoisotopic (exact) mass is 468 g/mol. The quantitative estimate of drug-likeness (QED) is 0.246. The van der Waals surface area contributed by atoms with Crippen molar-refractivity contribution in [3.63, 3.8) is 0 Å². The lowest BCUT2D eigenvalue weighted by molar-refractivity contribution is -0.384. The summed E-state index contributed by atoms with van der Waals surface area (Å²) in [5, 5.41) is 36.5. The number of rotatable bonds is 5.